The van der Waals surface area contributed by atoms with Crippen LogP contribution in [0.15, 0.2) is 12.1 Å². The smallest absolute Gasteiger partial charge is 0.132 e. The van der Waals surface area contributed by atoms with Gasteiger partial charge in [0.1, 0.15) is 17.5 Å². The average Bonchev–Trinajstić information content (AvgIpc) is 2.82. The van der Waals surface area contributed by atoms with E-state index in [0.29, 0.717) is 60.1 Å². The highest BCUT2D eigenvalue weighted by molar-refractivity contribution is 6.14. The summed E-state index contributed by atoms with van der Waals surface area (Å²) in [6.07, 6.45) is 0. The zero-order valence-electron chi connectivity index (χ0n) is 11.8. The SMILES string of the molecule is CNc1cc(F)cc2c(C(=N)N3CCOCC3)c(N)[nH]c12. The van der Waals surface area contributed by atoms with Gasteiger partial charge in [-0.25, -0.2) is 4.39 Å². The van der Waals surface area contributed by atoms with E-state index in [-0.39, 0.29) is 5.82 Å². The number of rotatable bonds is 2. The molecule has 1 fully saturated rings. The molecule has 0 unspecified atom stereocenters. The minimum Gasteiger partial charge on any atom is -0.386 e. The monoisotopic (exact) mass is 291 g/mol. The number of aromatic amines is 1. The molecule has 0 bridgehead atoms. The third-order valence-corrected chi connectivity index (χ3v) is 3.73. The molecule has 112 valence electrons. The van der Waals surface area contributed by atoms with Gasteiger partial charge in [-0.1, -0.05) is 0 Å². The van der Waals surface area contributed by atoms with Crippen LogP contribution in [0.1, 0.15) is 5.56 Å². The number of hydrogen-bond acceptors (Lipinski definition) is 4. The van der Waals surface area contributed by atoms with Gasteiger partial charge >= 0.3 is 0 Å². The maximum Gasteiger partial charge on any atom is 0.132 e. The van der Waals surface area contributed by atoms with E-state index in [1.807, 2.05) is 4.90 Å². The first kappa shape index (κ1) is 13.7. The van der Waals surface area contributed by atoms with Crippen molar-refractivity contribution < 1.29 is 9.13 Å². The standard InChI is InChI=1S/C14H18FN5O/c1-18-10-7-8(15)6-9-11(13(16)19-12(9)10)14(17)20-2-4-21-5-3-20/h6-7,17-19H,2-5,16H2,1H3. The summed E-state index contributed by atoms with van der Waals surface area (Å²) in [5.74, 6) is 0.320. The number of hydrogen-bond donors (Lipinski definition) is 4. The lowest BCUT2D eigenvalue weighted by Crippen LogP contribution is -2.40. The van der Waals surface area contributed by atoms with Crippen molar-refractivity contribution >= 4 is 28.2 Å². The molecule has 0 amide bonds. The van der Waals surface area contributed by atoms with Gasteiger partial charge in [-0.05, 0) is 12.1 Å². The zero-order chi connectivity index (χ0) is 15.0. The lowest BCUT2D eigenvalue weighted by molar-refractivity contribution is 0.0680. The molecule has 3 rings (SSSR count). The maximum atomic E-state index is 13.8. The van der Waals surface area contributed by atoms with E-state index in [0.717, 1.165) is 0 Å². The minimum atomic E-state index is -0.359. The number of nitrogens with one attached hydrogen (secondary N) is 3. The molecule has 0 spiro atoms. The van der Waals surface area contributed by atoms with E-state index in [4.69, 9.17) is 15.9 Å². The quantitative estimate of drug-likeness (QED) is 0.499. The fraction of sp³-hybridized carbons (Fsp3) is 0.357. The summed E-state index contributed by atoms with van der Waals surface area (Å²) in [4.78, 5) is 4.94. The lowest BCUT2D eigenvalue weighted by Gasteiger charge is -2.29. The molecule has 21 heavy (non-hydrogen) atoms. The number of benzene rings is 1. The van der Waals surface area contributed by atoms with E-state index in [2.05, 4.69) is 10.3 Å². The molecule has 0 aliphatic carbocycles. The van der Waals surface area contributed by atoms with Crippen LogP contribution in [-0.4, -0.2) is 49.1 Å². The van der Waals surface area contributed by atoms with Gasteiger partial charge in [0.15, 0.2) is 0 Å². The molecule has 1 aliphatic heterocycles. The van der Waals surface area contributed by atoms with Gasteiger partial charge in [-0.2, -0.15) is 0 Å². The van der Waals surface area contributed by atoms with Crippen molar-refractivity contribution in [2.75, 3.05) is 44.4 Å². The molecule has 1 saturated heterocycles. The second kappa shape index (κ2) is 5.25. The van der Waals surface area contributed by atoms with Crippen LogP contribution < -0.4 is 11.1 Å². The number of aromatic nitrogens is 1. The zero-order valence-corrected chi connectivity index (χ0v) is 11.8. The van der Waals surface area contributed by atoms with Crippen LogP contribution in [0.5, 0.6) is 0 Å². The van der Waals surface area contributed by atoms with E-state index in [1.165, 1.54) is 12.1 Å². The predicted molar refractivity (Wildman–Crippen MR) is 81.4 cm³/mol. The molecule has 1 aromatic carbocycles. The van der Waals surface area contributed by atoms with Crippen LogP contribution in [0.2, 0.25) is 0 Å². The molecule has 5 N–H and O–H groups in total. The number of nitrogens with two attached hydrogens (primary N) is 1. The van der Waals surface area contributed by atoms with E-state index < -0.39 is 0 Å². The van der Waals surface area contributed by atoms with Crippen molar-refractivity contribution in [3.63, 3.8) is 0 Å². The molecule has 6 nitrogen and oxygen atoms in total. The van der Waals surface area contributed by atoms with Crippen molar-refractivity contribution in [3.8, 4) is 0 Å². The molecule has 2 heterocycles. The molecule has 7 heteroatoms. The summed E-state index contributed by atoms with van der Waals surface area (Å²) in [5.41, 5.74) is 7.91. The first-order chi connectivity index (χ1) is 10.1. The Kier molecular flexibility index (Phi) is 3.42. The average molecular weight is 291 g/mol. The topological polar surface area (TPSA) is 90.2 Å². The van der Waals surface area contributed by atoms with Crippen LogP contribution in [0.4, 0.5) is 15.9 Å². The highest BCUT2D eigenvalue weighted by Gasteiger charge is 2.22. The third-order valence-electron chi connectivity index (χ3n) is 3.73. The van der Waals surface area contributed by atoms with Crippen LogP contribution >= 0.6 is 0 Å². The van der Waals surface area contributed by atoms with Crippen molar-refractivity contribution in [3.05, 3.63) is 23.5 Å². The molecular weight excluding hydrogens is 273 g/mol. The maximum absolute atomic E-state index is 13.8. The van der Waals surface area contributed by atoms with Crippen LogP contribution in [0.3, 0.4) is 0 Å². The Morgan fingerprint density at radius 1 is 1.43 bits per heavy atom. The highest BCUT2D eigenvalue weighted by atomic mass is 19.1. The summed E-state index contributed by atoms with van der Waals surface area (Å²) in [6.45, 7) is 2.44. The fourth-order valence-electron chi connectivity index (χ4n) is 2.68. The number of ether oxygens (including phenoxy) is 1. The Hall–Kier alpha value is -2.28. The molecule has 0 saturated carbocycles. The summed E-state index contributed by atoms with van der Waals surface area (Å²) in [6, 6.07) is 2.81. The molecule has 1 aromatic heterocycles. The number of anilines is 2. The number of morpholine rings is 1. The van der Waals surface area contributed by atoms with Crippen molar-refractivity contribution in [1.82, 2.24) is 9.88 Å². The molecule has 0 radical (unpaired) electrons. The van der Waals surface area contributed by atoms with Crippen LogP contribution in [0.25, 0.3) is 10.9 Å². The van der Waals surface area contributed by atoms with Crippen molar-refractivity contribution in [2.24, 2.45) is 0 Å². The van der Waals surface area contributed by atoms with Gasteiger partial charge in [0.2, 0.25) is 0 Å². The number of fused-ring (bicyclic) bond motifs is 1. The van der Waals surface area contributed by atoms with Gasteiger partial charge in [-0.15, -0.1) is 0 Å². The van der Waals surface area contributed by atoms with Crippen molar-refractivity contribution in [2.45, 2.75) is 0 Å². The second-order valence-corrected chi connectivity index (χ2v) is 4.99. The number of halogens is 1. The van der Waals surface area contributed by atoms with Gasteiger partial charge in [-0.3, -0.25) is 5.41 Å². The molecule has 1 aliphatic rings. The summed E-state index contributed by atoms with van der Waals surface area (Å²) < 4.78 is 19.1. The van der Waals surface area contributed by atoms with E-state index >= 15 is 0 Å². The Morgan fingerprint density at radius 3 is 2.81 bits per heavy atom. The first-order valence-corrected chi connectivity index (χ1v) is 6.82. The van der Waals surface area contributed by atoms with Gasteiger partial charge in [0.25, 0.3) is 0 Å². The Morgan fingerprint density at radius 2 is 2.14 bits per heavy atom. The summed E-state index contributed by atoms with van der Waals surface area (Å²) in [7, 11) is 1.72. The number of H-pyrrole nitrogens is 1. The van der Waals surface area contributed by atoms with Gasteiger partial charge in [0.05, 0.1) is 30.0 Å². The Labute approximate surface area is 121 Å². The highest BCUT2D eigenvalue weighted by Crippen LogP contribution is 2.31. The minimum absolute atomic E-state index is 0.301. The lowest BCUT2D eigenvalue weighted by atomic mass is 10.1. The fourth-order valence-corrected chi connectivity index (χ4v) is 2.68. The van der Waals surface area contributed by atoms with E-state index in [9.17, 15) is 4.39 Å². The largest absolute Gasteiger partial charge is 0.386 e. The van der Waals surface area contributed by atoms with Gasteiger partial charge < -0.3 is 25.7 Å². The molecular formula is C14H18FN5O. The number of nitrogens with zero attached hydrogens (tertiary/aromatic N) is 1. The first-order valence-electron chi connectivity index (χ1n) is 6.82. The summed E-state index contributed by atoms with van der Waals surface area (Å²) >= 11 is 0. The number of amidine groups is 1. The predicted octanol–water partition coefficient (Wildman–Crippen LogP) is 1.59. The van der Waals surface area contributed by atoms with Crippen molar-refractivity contribution in [1.29, 1.82) is 5.41 Å². The van der Waals surface area contributed by atoms with Crippen LogP contribution in [0, 0.1) is 11.2 Å². The molecule has 0 atom stereocenters. The second-order valence-electron chi connectivity index (χ2n) is 4.99. The Balaban J connectivity index is 2.11. The number of nitrogen functional groups attached to an aromatic ring is 1. The Bertz CT molecular complexity index is 690. The van der Waals surface area contributed by atoms with Gasteiger partial charge in [0, 0.05) is 25.5 Å². The van der Waals surface area contributed by atoms with E-state index in [1.54, 1.807) is 7.05 Å². The third kappa shape index (κ3) is 2.29. The molecule has 2 aromatic rings. The summed E-state index contributed by atoms with van der Waals surface area (Å²) in [5, 5.41) is 11.9. The van der Waals surface area contributed by atoms with Crippen LogP contribution in [-0.2, 0) is 4.74 Å². The normalized spacial score (nSPS) is 15.4.